The first-order valence-corrected chi connectivity index (χ1v) is 11.7. The second kappa shape index (κ2) is 9.76. The summed E-state index contributed by atoms with van der Waals surface area (Å²) < 4.78 is 4.18. The van der Waals surface area contributed by atoms with Gasteiger partial charge in [-0.25, -0.2) is 0 Å². The predicted molar refractivity (Wildman–Crippen MR) is 125 cm³/mol. The fourth-order valence-electron chi connectivity index (χ4n) is 3.05. The highest BCUT2D eigenvalue weighted by molar-refractivity contribution is 9.11. The molecule has 136 valence electrons. The van der Waals surface area contributed by atoms with Crippen LogP contribution in [0.1, 0.15) is 36.8 Å². The molecule has 0 unspecified atom stereocenters. The Labute approximate surface area is 188 Å². The van der Waals surface area contributed by atoms with Crippen LogP contribution in [0.15, 0.2) is 64.3 Å². The molecule has 0 amide bonds. The number of halogens is 4. The molecule has 0 heterocycles. The average Bonchev–Trinajstić information content (AvgIpc) is 2.62. The van der Waals surface area contributed by atoms with Crippen molar-refractivity contribution in [3.05, 3.63) is 65.4 Å². The van der Waals surface area contributed by atoms with Crippen LogP contribution in [-0.2, 0) is 0 Å². The maximum Gasteiger partial charge on any atom is 0.0723 e. The number of aliphatic imine (C=N–C) groups is 2. The van der Waals surface area contributed by atoms with Crippen LogP contribution in [0.2, 0.25) is 0 Å². The molecule has 0 N–H and O–H groups in total. The number of rotatable bonds is 4. The van der Waals surface area contributed by atoms with Crippen LogP contribution in [0.4, 0.5) is 0 Å². The van der Waals surface area contributed by atoms with Crippen LogP contribution in [0.25, 0.3) is 0 Å². The molecule has 0 aliphatic heterocycles. The van der Waals surface area contributed by atoms with E-state index >= 15 is 0 Å². The molecule has 1 aliphatic rings. The first kappa shape index (κ1) is 20.4. The molecular weight excluding hydrogens is 588 g/mol. The normalized spacial score (nSPS) is 20.9. The van der Waals surface area contributed by atoms with Gasteiger partial charge in [-0.15, -0.1) is 0 Å². The number of hydrogen-bond acceptors (Lipinski definition) is 2. The van der Waals surface area contributed by atoms with Crippen LogP contribution in [0.5, 0.6) is 0 Å². The fourth-order valence-corrected chi connectivity index (χ4v) is 5.45. The van der Waals surface area contributed by atoms with Gasteiger partial charge in [0, 0.05) is 41.4 Å². The smallest absolute Gasteiger partial charge is 0.0723 e. The molecule has 1 aliphatic carbocycles. The molecule has 0 spiro atoms. The SMILES string of the molecule is Brc1cccc(Br)c1C=N[C@@H]1CCCC[C@H]1N=Cc1c(Br)cccc1Br. The molecule has 2 aromatic carbocycles. The third-order valence-electron chi connectivity index (χ3n) is 4.48. The molecule has 0 radical (unpaired) electrons. The van der Waals surface area contributed by atoms with E-state index in [1.807, 2.05) is 48.8 Å². The van der Waals surface area contributed by atoms with E-state index in [0.717, 1.165) is 41.9 Å². The lowest BCUT2D eigenvalue weighted by molar-refractivity contribution is 0.390. The number of nitrogens with zero attached hydrogens (tertiary/aromatic N) is 2. The molecule has 1 saturated carbocycles. The molecule has 1 fully saturated rings. The van der Waals surface area contributed by atoms with Gasteiger partial charge in [0.1, 0.15) is 0 Å². The third-order valence-corrected chi connectivity index (χ3v) is 7.25. The Hall–Kier alpha value is -0.300. The minimum atomic E-state index is 0.222. The van der Waals surface area contributed by atoms with Gasteiger partial charge in [0.15, 0.2) is 0 Å². The zero-order valence-electron chi connectivity index (χ0n) is 14.0. The van der Waals surface area contributed by atoms with Crippen molar-refractivity contribution in [3.8, 4) is 0 Å². The largest absolute Gasteiger partial charge is 0.287 e. The lowest BCUT2D eigenvalue weighted by atomic mass is 9.91. The molecule has 0 saturated heterocycles. The summed E-state index contributed by atoms with van der Waals surface area (Å²) in [6, 6.07) is 12.6. The Morgan fingerprint density at radius 3 is 1.35 bits per heavy atom. The molecule has 0 bridgehead atoms. The Morgan fingerprint density at radius 2 is 1.00 bits per heavy atom. The van der Waals surface area contributed by atoms with Crippen molar-refractivity contribution in [2.75, 3.05) is 0 Å². The van der Waals surface area contributed by atoms with E-state index in [1.165, 1.54) is 12.8 Å². The lowest BCUT2D eigenvalue weighted by Crippen LogP contribution is -2.27. The highest BCUT2D eigenvalue weighted by Crippen LogP contribution is 2.28. The molecule has 6 heteroatoms. The van der Waals surface area contributed by atoms with E-state index in [0.29, 0.717) is 0 Å². The van der Waals surface area contributed by atoms with Crippen LogP contribution in [0, 0.1) is 0 Å². The van der Waals surface area contributed by atoms with Crippen molar-refractivity contribution < 1.29 is 0 Å². The highest BCUT2D eigenvalue weighted by Gasteiger charge is 2.23. The van der Waals surface area contributed by atoms with Crippen LogP contribution in [-0.4, -0.2) is 24.5 Å². The average molecular weight is 606 g/mol. The number of benzene rings is 2. The van der Waals surface area contributed by atoms with Gasteiger partial charge >= 0.3 is 0 Å². The van der Waals surface area contributed by atoms with Gasteiger partial charge in [0.05, 0.1) is 12.1 Å². The Bertz CT molecular complexity index is 723. The van der Waals surface area contributed by atoms with Crippen molar-refractivity contribution in [1.29, 1.82) is 0 Å². The summed E-state index contributed by atoms with van der Waals surface area (Å²) in [5, 5.41) is 0. The fraction of sp³-hybridized carbons (Fsp3) is 0.300. The minimum Gasteiger partial charge on any atom is -0.287 e. The third kappa shape index (κ3) is 5.15. The maximum atomic E-state index is 4.89. The lowest BCUT2D eigenvalue weighted by Gasteiger charge is -2.25. The molecule has 0 aromatic heterocycles. The van der Waals surface area contributed by atoms with Crippen molar-refractivity contribution in [1.82, 2.24) is 0 Å². The molecule has 2 atom stereocenters. The summed E-state index contributed by atoms with van der Waals surface area (Å²) in [5.41, 5.74) is 2.16. The second-order valence-corrected chi connectivity index (χ2v) is 9.66. The van der Waals surface area contributed by atoms with Crippen LogP contribution in [0.3, 0.4) is 0 Å². The number of hydrogen-bond donors (Lipinski definition) is 0. The standard InChI is InChI=1S/C20H18Br4N2/c21-15-5-3-6-16(22)13(15)11-25-19-9-1-2-10-20(19)26-12-14-17(23)7-4-8-18(14)24/h3-8,11-12,19-20H,1-2,9-10H2/t19-,20-/m1/s1. The van der Waals surface area contributed by atoms with E-state index in [1.54, 1.807) is 0 Å². The van der Waals surface area contributed by atoms with E-state index in [4.69, 9.17) is 9.98 Å². The van der Waals surface area contributed by atoms with Gasteiger partial charge < -0.3 is 0 Å². The zero-order valence-corrected chi connectivity index (χ0v) is 20.4. The predicted octanol–water partition coefficient (Wildman–Crippen LogP) is 7.59. The summed E-state index contributed by atoms with van der Waals surface area (Å²) in [7, 11) is 0. The van der Waals surface area contributed by atoms with E-state index in [-0.39, 0.29) is 12.1 Å². The monoisotopic (exact) mass is 602 g/mol. The quantitative estimate of drug-likeness (QED) is 0.321. The first-order valence-electron chi connectivity index (χ1n) is 8.50. The van der Waals surface area contributed by atoms with E-state index in [9.17, 15) is 0 Å². The van der Waals surface area contributed by atoms with Gasteiger partial charge in [-0.05, 0) is 37.1 Å². The summed E-state index contributed by atoms with van der Waals surface area (Å²) in [4.78, 5) is 9.78. The Kier molecular flexibility index (Phi) is 7.67. The minimum absolute atomic E-state index is 0.222. The van der Waals surface area contributed by atoms with Crippen LogP contribution < -0.4 is 0 Å². The van der Waals surface area contributed by atoms with Gasteiger partial charge in [-0.2, -0.15) is 0 Å². The molecule has 3 rings (SSSR count). The molecule has 2 aromatic rings. The van der Waals surface area contributed by atoms with Gasteiger partial charge in [-0.1, -0.05) is 88.7 Å². The summed E-state index contributed by atoms with van der Waals surface area (Å²) in [6.07, 6.45) is 8.53. The maximum absolute atomic E-state index is 4.89. The van der Waals surface area contributed by atoms with E-state index in [2.05, 4.69) is 63.7 Å². The first-order chi connectivity index (χ1) is 12.6. The van der Waals surface area contributed by atoms with Gasteiger partial charge in [0.2, 0.25) is 0 Å². The molecular formula is C20H18Br4N2. The Balaban J connectivity index is 1.80. The zero-order chi connectivity index (χ0) is 18.5. The van der Waals surface area contributed by atoms with Gasteiger partial charge in [0.25, 0.3) is 0 Å². The Morgan fingerprint density at radius 1 is 0.654 bits per heavy atom. The summed E-state index contributed by atoms with van der Waals surface area (Å²) in [5.74, 6) is 0. The van der Waals surface area contributed by atoms with Crippen LogP contribution >= 0.6 is 63.7 Å². The van der Waals surface area contributed by atoms with Crippen molar-refractivity contribution in [2.45, 2.75) is 37.8 Å². The summed E-state index contributed by atoms with van der Waals surface area (Å²) in [6.45, 7) is 0. The molecule has 26 heavy (non-hydrogen) atoms. The second-order valence-electron chi connectivity index (χ2n) is 6.25. The van der Waals surface area contributed by atoms with Crippen molar-refractivity contribution >= 4 is 76.1 Å². The van der Waals surface area contributed by atoms with Crippen molar-refractivity contribution in [2.24, 2.45) is 9.98 Å². The van der Waals surface area contributed by atoms with Crippen molar-refractivity contribution in [3.63, 3.8) is 0 Å². The highest BCUT2D eigenvalue weighted by atomic mass is 79.9. The van der Waals surface area contributed by atoms with E-state index < -0.39 is 0 Å². The summed E-state index contributed by atoms with van der Waals surface area (Å²) >= 11 is 14.4. The topological polar surface area (TPSA) is 24.7 Å². The van der Waals surface area contributed by atoms with Gasteiger partial charge in [-0.3, -0.25) is 9.98 Å². The molecule has 2 nitrogen and oxygen atoms in total.